The number of nitrogens with two attached hydrogens (primary N) is 1. The molecule has 4 aromatic rings. The van der Waals surface area contributed by atoms with Gasteiger partial charge in [-0.1, -0.05) is 29.8 Å². The van der Waals surface area contributed by atoms with E-state index in [-0.39, 0.29) is 0 Å². The van der Waals surface area contributed by atoms with E-state index < -0.39 is 5.91 Å². The molecular formula is C23H22N4O2. The van der Waals surface area contributed by atoms with Crippen molar-refractivity contribution in [2.24, 2.45) is 5.73 Å². The highest BCUT2D eigenvalue weighted by Gasteiger charge is 2.14. The zero-order chi connectivity index (χ0) is 20.4. The molecule has 0 saturated carbocycles. The molecule has 146 valence electrons. The molecule has 0 spiro atoms. The summed E-state index contributed by atoms with van der Waals surface area (Å²) in [5.74, 6) is 1.01. The third-order valence-electron chi connectivity index (χ3n) is 4.84. The first-order valence-electron chi connectivity index (χ1n) is 9.30. The van der Waals surface area contributed by atoms with Crippen LogP contribution in [0.15, 0.2) is 66.7 Å². The molecule has 0 fully saturated rings. The van der Waals surface area contributed by atoms with Crippen molar-refractivity contribution in [3.8, 4) is 5.75 Å². The number of nitrogens with one attached hydrogen (secondary N) is 1. The highest BCUT2D eigenvalue weighted by molar-refractivity contribution is 5.96. The third kappa shape index (κ3) is 3.91. The van der Waals surface area contributed by atoms with Crippen molar-refractivity contribution in [3.05, 3.63) is 83.4 Å². The molecule has 1 heterocycles. The van der Waals surface area contributed by atoms with E-state index in [0.717, 1.165) is 22.5 Å². The normalized spacial score (nSPS) is 10.8. The predicted octanol–water partition coefficient (Wildman–Crippen LogP) is 4.24. The fraction of sp³-hybridized carbons (Fsp3) is 0.130. The smallest absolute Gasteiger partial charge is 0.248 e. The number of methoxy groups -OCH3 is 1. The Balaban J connectivity index is 1.77. The molecule has 0 radical (unpaired) electrons. The first kappa shape index (κ1) is 18.6. The van der Waals surface area contributed by atoms with Crippen LogP contribution in [0.2, 0.25) is 0 Å². The molecule has 1 amide bonds. The van der Waals surface area contributed by atoms with Crippen molar-refractivity contribution in [2.45, 2.75) is 13.5 Å². The first-order chi connectivity index (χ1) is 14.0. The zero-order valence-corrected chi connectivity index (χ0v) is 16.3. The lowest BCUT2D eigenvalue weighted by Crippen LogP contribution is -2.10. The summed E-state index contributed by atoms with van der Waals surface area (Å²) in [5, 5.41) is 3.37. The van der Waals surface area contributed by atoms with Gasteiger partial charge < -0.3 is 20.4 Å². The van der Waals surface area contributed by atoms with Crippen LogP contribution in [0.4, 0.5) is 11.6 Å². The number of rotatable bonds is 6. The summed E-state index contributed by atoms with van der Waals surface area (Å²) >= 11 is 0. The second kappa shape index (κ2) is 7.67. The molecule has 6 heteroatoms. The zero-order valence-electron chi connectivity index (χ0n) is 16.3. The van der Waals surface area contributed by atoms with Crippen molar-refractivity contribution < 1.29 is 9.53 Å². The van der Waals surface area contributed by atoms with E-state index in [2.05, 4.69) is 41.1 Å². The van der Waals surface area contributed by atoms with E-state index in [9.17, 15) is 4.79 Å². The van der Waals surface area contributed by atoms with Crippen LogP contribution in [0, 0.1) is 6.92 Å². The number of aryl methyl sites for hydroxylation is 1. The number of anilines is 2. The molecule has 1 aromatic heterocycles. The molecule has 6 nitrogen and oxygen atoms in total. The van der Waals surface area contributed by atoms with Gasteiger partial charge in [-0.15, -0.1) is 0 Å². The van der Waals surface area contributed by atoms with Gasteiger partial charge in [0.05, 0.1) is 24.7 Å². The Bertz CT molecular complexity index is 1160. The quantitative estimate of drug-likeness (QED) is 0.519. The van der Waals surface area contributed by atoms with Crippen LogP contribution >= 0.6 is 0 Å². The summed E-state index contributed by atoms with van der Waals surface area (Å²) in [4.78, 5) is 16.3. The van der Waals surface area contributed by atoms with Crippen LogP contribution in [0.5, 0.6) is 5.75 Å². The van der Waals surface area contributed by atoms with Crippen LogP contribution in [0.25, 0.3) is 11.0 Å². The van der Waals surface area contributed by atoms with Gasteiger partial charge in [0.1, 0.15) is 5.75 Å². The number of fused-ring (bicyclic) bond motifs is 1. The molecule has 0 saturated heterocycles. The molecule has 0 aliphatic rings. The fourth-order valence-corrected chi connectivity index (χ4v) is 3.22. The predicted molar refractivity (Wildman–Crippen MR) is 115 cm³/mol. The number of imidazole rings is 1. The third-order valence-corrected chi connectivity index (χ3v) is 4.84. The van der Waals surface area contributed by atoms with Crippen LogP contribution in [0.1, 0.15) is 21.5 Å². The minimum Gasteiger partial charge on any atom is -0.497 e. The highest BCUT2D eigenvalue weighted by atomic mass is 16.5. The number of aromatic nitrogens is 2. The Morgan fingerprint density at radius 2 is 1.79 bits per heavy atom. The summed E-state index contributed by atoms with van der Waals surface area (Å²) in [6.45, 7) is 2.71. The van der Waals surface area contributed by atoms with Crippen molar-refractivity contribution in [1.82, 2.24) is 9.55 Å². The van der Waals surface area contributed by atoms with E-state index in [0.29, 0.717) is 23.6 Å². The Morgan fingerprint density at radius 3 is 2.45 bits per heavy atom. The van der Waals surface area contributed by atoms with E-state index in [4.69, 9.17) is 15.5 Å². The van der Waals surface area contributed by atoms with Crippen LogP contribution in [-0.2, 0) is 6.54 Å². The summed E-state index contributed by atoms with van der Waals surface area (Å²) in [5.41, 5.74) is 10.8. The second-order valence-corrected chi connectivity index (χ2v) is 6.93. The van der Waals surface area contributed by atoms with Crippen molar-refractivity contribution in [3.63, 3.8) is 0 Å². The lowest BCUT2D eigenvalue weighted by atomic mass is 10.1. The van der Waals surface area contributed by atoms with Gasteiger partial charge in [0, 0.05) is 11.3 Å². The van der Waals surface area contributed by atoms with Gasteiger partial charge in [-0.25, -0.2) is 4.98 Å². The monoisotopic (exact) mass is 386 g/mol. The van der Waals surface area contributed by atoms with E-state index >= 15 is 0 Å². The topological polar surface area (TPSA) is 82.2 Å². The minimum atomic E-state index is -0.468. The van der Waals surface area contributed by atoms with Gasteiger partial charge in [-0.3, -0.25) is 4.79 Å². The number of hydrogen-bond donors (Lipinski definition) is 2. The Morgan fingerprint density at radius 1 is 1.07 bits per heavy atom. The van der Waals surface area contributed by atoms with Crippen LogP contribution in [-0.4, -0.2) is 22.6 Å². The number of benzene rings is 3. The lowest BCUT2D eigenvalue weighted by Gasteiger charge is -2.12. The van der Waals surface area contributed by atoms with Gasteiger partial charge in [0.15, 0.2) is 0 Å². The van der Waals surface area contributed by atoms with Gasteiger partial charge in [-0.05, 0) is 55.0 Å². The van der Waals surface area contributed by atoms with E-state index in [1.54, 1.807) is 19.2 Å². The largest absolute Gasteiger partial charge is 0.497 e. The molecule has 0 bridgehead atoms. The minimum absolute atomic E-state index is 0.438. The number of carbonyl (C=O) groups excluding carboxylic acids is 1. The molecule has 4 rings (SSSR count). The van der Waals surface area contributed by atoms with Gasteiger partial charge in [-0.2, -0.15) is 0 Å². The Labute approximate surface area is 168 Å². The molecule has 0 aliphatic heterocycles. The van der Waals surface area contributed by atoms with Crippen molar-refractivity contribution >= 4 is 28.6 Å². The summed E-state index contributed by atoms with van der Waals surface area (Å²) < 4.78 is 7.32. The maximum atomic E-state index is 11.6. The number of amides is 1. The molecule has 3 aromatic carbocycles. The number of primary amides is 1. The highest BCUT2D eigenvalue weighted by Crippen LogP contribution is 2.26. The molecular weight excluding hydrogens is 364 g/mol. The summed E-state index contributed by atoms with van der Waals surface area (Å²) in [6.07, 6.45) is 0. The SMILES string of the molecule is COc1ccc(Nc2nc3cc(C(N)=O)ccc3n2Cc2ccc(C)cc2)cc1. The molecule has 0 atom stereocenters. The number of carbonyl (C=O) groups is 1. The first-order valence-corrected chi connectivity index (χ1v) is 9.30. The molecule has 0 aliphatic carbocycles. The van der Waals surface area contributed by atoms with Crippen molar-refractivity contribution in [2.75, 3.05) is 12.4 Å². The fourth-order valence-electron chi connectivity index (χ4n) is 3.22. The Hall–Kier alpha value is -3.80. The van der Waals surface area contributed by atoms with E-state index in [1.807, 2.05) is 30.3 Å². The summed E-state index contributed by atoms with van der Waals surface area (Å²) in [7, 11) is 1.64. The van der Waals surface area contributed by atoms with Gasteiger partial charge in [0.25, 0.3) is 0 Å². The van der Waals surface area contributed by atoms with Crippen LogP contribution in [0.3, 0.4) is 0 Å². The molecule has 29 heavy (non-hydrogen) atoms. The maximum absolute atomic E-state index is 11.6. The number of ether oxygens (including phenoxy) is 1. The average molecular weight is 386 g/mol. The second-order valence-electron chi connectivity index (χ2n) is 6.93. The number of hydrogen-bond acceptors (Lipinski definition) is 4. The molecule has 3 N–H and O–H groups in total. The Kier molecular flexibility index (Phi) is 4.91. The van der Waals surface area contributed by atoms with Gasteiger partial charge in [0.2, 0.25) is 11.9 Å². The molecule has 0 unspecified atom stereocenters. The average Bonchev–Trinajstić information content (AvgIpc) is 3.06. The van der Waals surface area contributed by atoms with Gasteiger partial charge >= 0.3 is 0 Å². The summed E-state index contributed by atoms with van der Waals surface area (Å²) in [6, 6.07) is 21.4. The maximum Gasteiger partial charge on any atom is 0.248 e. The number of nitrogens with zero attached hydrogens (tertiary/aromatic N) is 2. The van der Waals surface area contributed by atoms with E-state index in [1.165, 1.54) is 5.56 Å². The lowest BCUT2D eigenvalue weighted by molar-refractivity contribution is 0.100. The standard InChI is InChI=1S/C23H22N4O2/c1-15-3-5-16(6-4-15)14-27-21-12-7-17(22(24)28)13-20(21)26-23(27)25-18-8-10-19(29-2)11-9-18/h3-13H,14H2,1-2H3,(H2,24,28)(H,25,26). The van der Waals surface area contributed by atoms with Crippen molar-refractivity contribution in [1.29, 1.82) is 0 Å². The van der Waals surface area contributed by atoms with Crippen LogP contribution < -0.4 is 15.8 Å².